The Labute approximate surface area is 107 Å². The number of hydrogen-bond donors (Lipinski definition) is 1. The van der Waals surface area contributed by atoms with Crippen LogP contribution in [-0.4, -0.2) is 0 Å². The highest BCUT2D eigenvalue weighted by Crippen LogP contribution is 2.25. The van der Waals surface area contributed by atoms with Crippen molar-refractivity contribution in [1.82, 2.24) is 0 Å². The predicted molar refractivity (Wildman–Crippen MR) is 69.3 cm³/mol. The van der Waals surface area contributed by atoms with Crippen LogP contribution in [0.5, 0.6) is 5.75 Å². The molecule has 2 aromatic rings. The molecule has 4 heteroatoms. The average molecular weight is 296 g/mol. The van der Waals surface area contributed by atoms with Crippen molar-refractivity contribution in [2.75, 3.05) is 5.73 Å². The van der Waals surface area contributed by atoms with Gasteiger partial charge >= 0.3 is 0 Å². The Morgan fingerprint density at radius 1 is 1.12 bits per heavy atom. The van der Waals surface area contributed by atoms with E-state index in [1.807, 2.05) is 6.07 Å². The van der Waals surface area contributed by atoms with Crippen molar-refractivity contribution in [3.63, 3.8) is 0 Å². The Kier molecular flexibility index (Phi) is 3.64. The molecular weight excluding hydrogens is 285 g/mol. The zero-order chi connectivity index (χ0) is 12.3. The van der Waals surface area contributed by atoms with Gasteiger partial charge in [-0.3, -0.25) is 0 Å². The van der Waals surface area contributed by atoms with Crippen LogP contribution in [0.15, 0.2) is 46.9 Å². The lowest BCUT2D eigenvalue weighted by atomic mass is 10.2. The minimum absolute atomic E-state index is 0.253. The zero-order valence-corrected chi connectivity index (χ0v) is 10.6. The first-order valence-electron chi connectivity index (χ1n) is 5.07. The average Bonchev–Trinajstić information content (AvgIpc) is 2.30. The van der Waals surface area contributed by atoms with Gasteiger partial charge in [-0.2, -0.15) is 0 Å². The highest BCUT2D eigenvalue weighted by atomic mass is 79.9. The number of benzene rings is 2. The van der Waals surface area contributed by atoms with Gasteiger partial charge in [-0.15, -0.1) is 0 Å². The summed E-state index contributed by atoms with van der Waals surface area (Å²) in [6.07, 6.45) is 0. The van der Waals surface area contributed by atoms with E-state index in [2.05, 4.69) is 15.9 Å². The number of rotatable bonds is 3. The lowest BCUT2D eigenvalue weighted by Gasteiger charge is -2.09. The molecule has 0 aliphatic rings. The summed E-state index contributed by atoms with van der Waals surface area (Å²) in [5.41, 5.74) is 7.26. The number of halogens is 2. The van der Waals surface area contributed by atoms with Crippen LogP contribution in [0.2, 0.25) is 0 Å². The van der Waals surface area contributed by atoms with Crippen molar-refractivity contribution in [1.29, 1.82) is 0 Å². The molecule has 0 radical (unpaired) electrons. The largest absolute Gasteiger partial charge is 0.487 e. The molecule has 0 aliphatic carbocycles. The van der Waals surface area contributed by atoms with Crippen molar-refractivity contribution in [2.45, 2.75) is 6.61 Å². The molecule has 0 atom stereocenters. The third-order valence-corrected chi connectivity index (χ3v) is 2.77. The molecule has 0 unspecified atom stereocenters. The van der Waals surface area contributed by atoms with Crippen LogP contribution in [0.3, 0.4) is 0 Å². The summed E-state index contributed by atoms with van der Waals surface area (Å²) in [4.78, 5) is 0. The quantitative estimate of drug-likeness (QED) is 0.875. The molecule has 0 saturated carbocycles. The molecule has 0 aliphatic heterocycles. The summed E-state index contributed by atoms with van der Waals surface area (Å²) < 4.78 is 19.1. The van der Waals surface area contributed by atoms with Gasteiger partial charge in [0.05, 0.1) is 5.69 Å². The van der Waals surface area contributed by atoms with Gasteiger partial charge in [-0.25, -0.2) is 4.39 Å². The van der Waals surface area contributed by atoms with Crippen molar-refractivity contribution in [3.8, 4) is 5.75 Å². The first-order valence-corrected chi connectivity index (χ1v) is 5.87. The van der Waals surface area contributed by atoms with E-state index in [9.17, 15) is 4.39 Å². The molecule has 0 spiro atoms. The molecule has 2 nitrogen and oxygen atoms in total. The van der Waals surface area contributed by atoms with Gasteiger partial charge in [0.1, 0.15) is 18.2 Å². The van der Waals surface area contributed by atoms with Crippen LogP contribution < -0.4 is 10.5 Å². The van der Waals surface area contributed by atoms with Crippen molar-refractivity contribution in [2.24, 2.45) is 0 Å². The Morgan fingerprint density at radius 2 is 1.82 bits per heavy atom. The van der Waals surface area contributed by atoms with Crippen LogP contribution in [0.4, 0.5) is 10.1 Å². The van der Waals surface area contributed by atoms with E-state index >= 15 is 0 Å². The maximum Gasteiger partial charge on any atom is 0.142 e. The summed E-state index contributed by atoms with van der Waals surface area (Å²) >= 11 is 3.32. The number of hydrogen-bond acceptors (Lipinski definition) is 2. The van der Waals surface area contributed by atoms with Gasteiger partial charge in [0.2, 0.25) is 0 Å². The third-order valence-electron chi connectivity index (χ3n) is 2.28. The second kappa shape index (κ2) is 5.19. The molecule has 17 heavy (non-hydrogen) atoms. The summed E-state index contributed by atoms with van der Waals surface area (Å²) in [6, 6.07) is 11.6. The van der Waals surface area contributed by atoms with Gasteiger partial charge in [0.15, 0.2) is 0 Å². The van der Waals surface area contributed by atoms with E-state index in [1.54, 1.807) is 24.3 Å². The highest BCUT2D eigenvalue weighted by molar-refractivity contribution is 9.10. The molecule has 0 bridgehead atoms. The van der Waals surface area contributed by atoms with Crippen molar-refractivity contribution < 1.29 is 9.13 Å². The van der Waals surface area contributed by atoms with E-state index in [1.165, 1.54) is 12.1 Å². The first kappa shape index (κ1) is 11.9. The van der Waals surface area contributed by atoms with E-state index in [-0.39, 0.29) is 5.82 Å². The van der Waals surface area contributed by atoms with Gasteiger partial charge in [-0.05, 0) is 35.9 Å². The molecule has 2 aromatic carbocycles. The van der Waals surface area contributed by atoms with Gasteiger partial charge in [-0.1, -0.05) is 28.1 Å². The Balaban J connectivity index is 2.04. The zero-order valence-electron chi connectivity index (χ0n) is 8.99. The molecule has 88 valence electrons. The fourth-order valence-corrected chi connectivity index (χ4v) is 1.77. The SMILES string of the molecule is Nc1cc(Br)ccc1OCc1ccc(F)cc1. The normalized spacial score (nSPS) is 10.2. The van der Waals surface area contributed by atoms with Crippen LogP contribution in [0.1, 0.15) is 5.56 Å². The smallest absolute Gasteiger partial charge is 0.142 e. The van der Waals surface area contributed by atoms with Gasteiger partial charge < -0.3 is 10.5 Å². The van der Waals surface area contributed by atoms with Crippen LogP contribution in [0, 0.1) is 5.82 Å². The molecule has 0 amide bonds. The molecule has 2 N–H and O–H groups in total. The minimum Gasteiger partial charge on any atom is -0.487 e. The second-order valence-corrected chi connectivity index (χ2v) is 4.51. The lowest BCUT2D eigenvalue weighted by Crippen LogP contribution is -1.98. The molecule has 0 heterocycles. The second-order valence-electron chi connectivity index (χ2n) is 3.60. The number of anilines is 1. The Bertz CT molecular complexity index is 513. The van der Waals surface area contributed by atoms with Gasteiger partial charge in [0, 0.05) is 4.47 Å². The fraction of sp³-hybridized carbons (Fsp3) is 0.0769. The molecule has 0 saturated heterocycles. The van der Waals surface area contributed by atoms with E-state index in [0.29, 0.717) is 18.0 Å². The summed E-state index contributed by atoms with van der Waals surface area (Å²) in [5.74, 6) is 0.370. The van der Waals surface area contributed by atoms with Crippen molar-refractivity contribution in [3.05, 3.63) is 58.3 Å². The molecular formula is C13H11BrFNO. The summed E-state index contributed by atoms with van der Waals surface area (Å²) in [5, 5.41) is 0. The Hall–Kier alpha value is -1.55. The number of ether oxygens (including phenoxy) is 1. The van der Waals surface area contributed by atoms with E-state index in [4.69, 9.17) is 10.5 Å². The summed E-state index contributed by atoms with van der Waals surface area (Å²) in [6.45, 7) is 0.367. The minimum atomic E-state index is -0.253. The standard InChI is InChI=1S/C13H11BrFNO/c14-10-3-6-13(12(16)7-10)17-8-9-1-4-11(15)5-2-9/h1-7H,8,16H2. The van der Waals surface area contributed by atoms with Crippen LogP contribution in [0.25, 0.3) is 0 Å². The molecule has 0 aromatic heterocycles. The summed E-state index contributed by atoms with van der Waals surface area (Å²) in [7, 11) is 0. The highest BCUT2D eigenvalue weighted by Gasteiger charge is 2.01. The van der Waals surface area contributed by atoms with Crippen LogP contribution >= 0.6 is 15.9 Å². The van der Waals surface area contributed by atoms with E-state index < -0.39 is 0 Å². The fourth-order valence-electron chi connectivity index (χ4n) is 1.39. The maximum absolute atomic E-state index is 12.7. The topological polar surface area (TPSA) is 35.2 Å². The molecule has 0 fully saturated rings. The van der Waals surface area contributed by atoms with Gasteiger partial charge in [0.25, 0.3) is 0 Å². The molecule has 2 rings (SSSR count). The van der Waals surface area contributed by atoms with Crippen LogP contribution in [-0.2, 0) is 6.61 Å². The third kappa shape index (κ3) is 3.20. The monoisotopic (exact) mass is 295 g/mol. The number of nitrogen functional groups attached to an aromatic ring is 1. The number of nitrogens with two attached hydrogens (primary N) is 1. The lowest BCUT2D eigenvalue weighted by molar-refractivity contribution is 0.308. The van der Waals surface area contributed by atoms with E-state index in [0.717, 1.165) is 10.0 Å². The maximum atomic E-state index is 12.7. The Morgan fingerprint density at radius 3 is 2.47 bits per heavy atom. The van der Waals surface area contributed by atoms with Crippen molar-refractivity contribution >= 4 is 21.6 Å². The first-order chi connectivity index (χ1) is 8.15. The predicted octanol–water partition coefficient (Wildman–Crippen LogP) is 3.75.